The second kappa shape index (κ2) is 14.5. The zero-order valence-corrected chi connectivity index (χ0v) is 26.4. The maximum atomic E-state index is 12.7. The molecule has 0 spiro atoms. The molecule has 39 heavy (non-hydrogen) atoms. The van der Waals surface area contributed by atoms with Gasteiger partial charge in [0.05, 0.1) is 26.9 Å². The molecule has 0 radical (unpaired) electrons. The Kier molecular flexibility index (Phi) is 11.1. The number of benzene rings is 1. The molecule has 1 unspecified atom stereocenters. The number of carbonyl (C=O) groups is 1. The monoisotopic (exact) mass is 687 g/mol. The van der Waals surface area contributed by atoms with E-state index >= 15 is 0 Å². The van der Waals surface area contributed by atoms with Crippen molar-refractivity contribution >= 4 is 53.9 Å². The van der Waals surface area contributed by atoms with Crippen LogP contribution in [0.15, 0.2) is 34.7 Å². The van der Waals surface area contributed by atoms with E-state index in [1.54, 1.807) is 42.2 Å². The summed E-state index contributed by atoms with van der Waals surface area (Å²) in [5.41, 5.74) is 0.686. The van der Waals surface area contributed by atoms with Crippen LogP contribution in [0.3, 0.4) is 0 Å². The van der Waals surface area contributed by atoms with Crippen molar-refractivity contribution in [1.82, 2.24) is 19.7 Å². The number of piperidine rings is 1. The lowest BCUT2D eigenvalue weighted by Gasteiger charge is -2.35. The third-order valence-electron chi connectivity index (χ3n) is 6.45. The number of ether oxygens (including phenoxy) is 3. The molecule has 1 amide bonds. The number of methoxy groups -OCH3 is 3. The summed E-state index contributed by atoms with van der Waals surface area (Å²) in [6.45, 7) is 3.79. The van der Waals surface area contributed by atoms with Crippen molar-refractivity contribution in [2.24, 2.45) is 0 Å². The highest BCUT2D eigenvalue weighted by Gasteiger charge is 2.30. The first kappa shape index (κ1) is 29.9. The summed E-state index contributed by atoms with van der Waals surface area (Å²) >= 11 is 3.93. The van der Waals surface area contributed by atoms with Gasteiger partial charge in [-0.1, -0.05) is 15.0 Å². The van der Waals surface area contributed by atoms with Gasteiger partial charge in [0.1, 0.15) is 22.9 Å². The van der Waals surface area contributed by atoms with E-state index in [2.05, 4.69) is 35.7 Å². The van der Waals surface area contributed by atoms with Gasteiger partial charge in [-0.2, -0.15) is 0 Å². The Morgan fingerprint density at radius 1 is 1.13 bits per heavy atom. The van der Waals surface area contributed by atoms with E-state index in [-0.39, 0.29) is 11.9 Å². The number of aryl methyl sites for hydroxylation is 1. The van der Waals surface area contributed by atoms with E-state index in [1.807, 2.05) is 46.7 Å². The molecule has 10 nitrogen and oxygen atoms in total. The van der Waals surface area contributed by atoms with Gasteiger partial charge in [0.2, 0.25) is 17.7 Å². The number of hydrogen-bond donors (Lipinski definition) is 0. The molecular formula is C26H34IN5O5S2. The van der Waals surface area contributed by atoms with Crippen LogP contribution in [0.2, 0.25) is 0 Å². The average Bonchev–Trinajstić information content (AvgIpc) is 3.57. The molecule has 2 aromatic heterocycles. The number of furan rings is 1. The van der Waals surface area contributed by atoms with E-state index in [4.69, 9.17) is 18.6 Å². The van der Waals surface area contributed by atoms with E-state index in [0.29, 0.717) is 66.6 Å². The highest BCUT2D eigenvalue weighted by Crippen LogP contribution is 2.40. The molecule has 1 fully saturated rings. The molecule has 13 heteroatoms. The Bertz CT molecular complexity index is 1220. The average molecular weight is 688 g/mol. The number of aromatic nitrogens is 3. The first-order valence-electron chi connectivity index (χ1n) is 12.7. The molecule has 0 bridgehead atoms. The number of hydrogen-bond acceptors (Lipinski definition) is 10. The van der Waals surface area contributed by atoms with Crippen molar-refractivity contribution in [3.05, 3.63) is 36.1 Å². The maximum Gasteiger partial charge on any atom is 0.242 e. The number of halogens is 1. The molecule has 3 aromatic rings. The minimum Gasteiger partial charge on any atom is -0.494 e. The molecule has 0 saturated carbocycles. The van der Waals surface area contributed by atoms with Crippen LogP contribution >= 0.6 is 42.1 Å². The Morgan fingerprint density at radius 2 is 1.90 bits per heavy atom. The second-order valence-corrected chi connectivity index (χ2v) is 12.5. The van der Waals surface area contributed by atoms with Crippen LogP contribution in [-0.2, 0) is 9.53 Å². The highest BCUT2D eigenvalue weighted by molar-refractivity contribution is 14.2. The highest BCUT2D eigenvalue weighted by atomic mass is 127. The number of rotatable bonds is 14. The van der Waals surface area contributed by atoms with Crippen LogP contribution in [0.5, 0.6) is 11.5 Å². The fourth-order valence-electron chi connectivity index (χ4n) is 4.66. The van der Waals surface area contributed by atoms with Crippen molar-refractivity contribution in [2.45, 2.75) is 32.2 Å². The molecular weight excluding hydrogens is 653 g/mol. The molecule has 1 aliphatic rings. The number of likely N-dealkylation sites (tertiary alicyclic amines) is 1. The lowest BCUT2D eigenvalue weighted by Crippen LogP contribution is -2.47. The minimum atomic E-state index is 0.116. The third kappa shape index (κ3) is 6.98. The Morgan fingerprint density at radius 3 is 2.54 bits per heavy atom. The Hall–Kier alpha value is -2.10. The predicted molar refractivity (Wildman–Crippen MR) is 164 cm³/mol. The van der Waals surface area contributed by atoms with Crippen molar-refractivity contribution in [3.8, 4) is 28.8 Å². The van der Waals surface area contributed by atoms with Crippen molar-refractivity contribution in [3.63, 3.8) is 0 Å². The summed E-state index contributed by atoms with van der Waals surface area (Å²) < 4.78 is 26.9. The zero-order chi connectivity index (χ0) is 27.8. The third-order valence-corrected chi connectivity index (χ3v) is 9.13. The van der Waals surface area contributed by atoms with E-state index in [0.717, 1.165) is 24.4 Å². The SMILES string of the molecule is COCC1CCCC(=O)N1CCSN(CCSI)c1nnc(-c2ccc(C)o2)n1-c1c(OC)cccc1OC. The van der Waals surface area contributed by atoms with Gasteiger partial charge in [0, 0.05) is 38.1 Å². The molecule has 3 heterocycles. The quantitative estimate of drug-likeness (QED) is 0.162. The first-order chi connectivity index (χ1) is 19.0. The van der Waals surface area contributed by atoms with Crippen molar-refractivity contribution < 1.29 is 23.4 Å². The van der Waals surface area contributed by atoms with E-state index < -0.39 is 0 Å². The molecule has 0 N–H and O–H groups in total. The van der Waals surface area contributed by atoms with Crippen LogP contribution in [0, 0.1) is 6.92 Å². The predicted octanol–water partition coefficient (Wildman–Crippen LogP) is 5.42. The number of nitrogens with zero attached hydrogens (tertiary/aromatic N) is 5. The van der Waals surface area contributed by atoms with E-state index in [1.165, 1.54) is 0 Å². The number of para-hydroxylation sites is 1. The largest absolute Gasteiger partial charge is 0.494 e. The fraction of sp³-hybridized carbons (Fsp3) is 0.500. The van der Waals surface area contributed by atoms with Gasteiger partial charge >= 0.3 is 0 Å². The van der Waals surface area contributed by atoms with Gasteiger partial charge in [0.25, 0.3) is 0 Å². The first-order valence-corrected chi connectivity index (χ1v) is 17.1. The Labute approximate surface area is 249 Å². The summed E-state index contributed by atoms with van der Waals surface area (Å²) in [5.74, 6) is 5.53. The number of amides is 1. The van der Waals surface area contributed by atoms with Crippen LogP contribution < -0.4 is 13.8 Å². The van der Waals surface area contributed by atoms with Crippen molar-refractivity contribution in [1.29, 1.82) is 0 Å². The second-order valence-electron chi connectivity index (χ2n) is 8.92. The molecule has 1 aliphatic heterocycles. The minimum absolute atomic E-state index is 0.116. The lowest BCUT2D eigenvalue weighted by atomic mass is 10.0. The molecule has 1 saturated heterocycles. The number of carbonyl (C=O) groups excluding carboxylic acids is 1. The van der Waals surface area contributed by atoms with Gasteiger partial charge in [-0.05, 0) is 77.2 Å². The number of anilines is 1. The van der Waals surface area contributed by atoms with Crippen LogP contribution in [0.25, 0.3) is 17.3 Å². The van der Waals surface area contributed by atoms with Gasteiger partial charge in [-0.15, -0.1) is 10.2 Å². The maximum absolute atomic E-state index is 12.7. The van der Waals surface area contributed by atoms with Crippen LogP contribution in [0.1, 0.15) is 25.0 Å². The smallest absolute Gasteiger partial charge is 0.242 e. The Balaban J connectivity index is 1.71. The zero-order valence-electron chi connectivity index (χ0n) is 22.6. The summed E-state index contributed by atoms with van der Waals surface area (Å²) in [7, 11) is 6.67. The summed E-state index contributed by atoms with van der Waals surface area (Å²) in [6.07, 6.45) is 2.47. The van der Waals surface area contributed by atoms with E-state index in [9.17, 15) is 4.79 Å². The van der Waals surface area contributed by atoms with Crippen molar-refractivity contribution in [2.75, 3.05) is 56.8 Å². The van der Waals surface area contributed by atoms with Gasteiger partial charge < -0.3 is 23.5 Å². The summed E-state index contributed by atoms with van der Waals surface area (Å²) in [5, 5.41) is 9.21. The van der Waals surface area contributed by atoms with Crippen LogP contribution in [-0.4, -0.2) is 84.1 Å². The summed E-state index contributed by atoms with van der Waals surface area (Å²) in [6, 6.07) is 9.55. The topological polar surface area (TPSA) is 95.1 Å². The lowest BCUT2D eigenvalue weighted by molar-refractivity contribution is -0.137. The van der Waals surface area contributed by atoms with Gasteiger partial charge in [-0.25, -0.2) is 0 Å². The molecule has 1 aromatic carbocycles. The standard InChI is InChI=1S/C26H34IN5O5S2/c1-18-11-12-22(37-18)25-28-29-26(32(25)24-20(35-3)8-6-9-21(24)36-4)31(14-15-38-27)39-16-13-30-19(17-34-2)7-5-10-23(30)33/h6,8-9,11-12,19H,5,7,10,13-17H2,1-4H3. The normalized spacial score (nSPS) is 15.6. The molecule has 4 rings (SSSR count). The van der Waals surface area contributed by atoms with Gasteiger partial charge in [-0.3, -0.25) is 13.7 Å². The van der Waals surface area contributed by atoms with Crippen LogP contribution in [0.4, 0.5) is 5.95 Å². The van der Waals surface area contributed by atoms with Gasteiger partial charge in [0.15, 0.2) is 5.76 Å². The summed E-state index contributed by atoms with van der Waals surface area (Å²) in [4.78, 5) is 14.7. The molecule has 1 atom stereocenters. The molecule has 212 valence electrons. The fourth-order valence-corrected chi connectivity index (χ4v) is 6.57. The molecule has 0 aliphatic carbocycles.